The molecule has 0 spiro atoms. The molecule has 0 radical (unpaired) electrons. The van der Waals surface area contributed by atoms with Crippen LogP contribution in [0.3, 0.4) is 0 Å². The second-order valence-electron chi connectivity index (χ2n) is 5.23. The minimum atomic E-state index is -1.04. The first-order chi connectivity index (χ1) is 10.0. The maximum Gasteiger partial charge on any atom is 0.329 e. The number of hydrogen-bond donors (Lipinski definition) is 2. The number of methoxy groups -OCH3 is 1. The summed E-state index contributed by atoms with van der Waals surface area (Å²) in [5.41, 5.74) is -1.04. The van der Waals surface area contributed by atoms with E-state index in [-0.39, 0.29) is 0 Å². The Hall–Kier alpha value is -2.30. The summed E-state index contributed by atoms with van der Waals surface area (Å²) >= 11 is 0. The van der Waals surface area contributed by atoms with E-state index >= 15 is 0 Å². The van der Waals surface area contributed by atoms with E-state index in [4.69, 9.17) is 4.74 Å². The number of nitrogens with zero attached hydrogens (tertiary/aromatic N) is 1. The molecule has 1 aromatic heterocycles. The highest BCUT2D eigenvalue weighted by molar-refractivity contribution is 5.97. The van der Waals surface area contributed by atoms with Crippen molar-refractivity contribution in [3.8, 4) is 5.75 Å². The Morgan fingerprint density at radius 1 is 1.38 bits per heavy atom. The fourth-order valence-electron chi connectivity index (χ4n) is 2.44. The van der Waals surface area contributed by atoms with Crippen LogP contribution in [0, 0.1) is 0 Å². The van der Waals surface area contributed by atoms with Crippen molar-refractivity contribution >= 4 is 22.6 Å². The van der Waals surface area contributed by atoms with E-state index in [2.05, 4.69) is 10.3 Å². The van der Waals surface area contributed by atoms with Crippen LogP contribution in [0.1, 0.15) is 26.7 Å². The van der Waals surface area contributed by atoms with Gasteiger partial charge < -0.3 is 15.2 Å². The van der Waals surface area contributed by atoms with Gasteiger partial charge in [-0.15, -0.1) is 0 Å². The van der Waals surface area contributed by atoms with Gasteiger partial charge in [0.15, 0.2) is 0 Å². The number of fused-ring (bicyclic) bond motifs is 1. The molecule has 1 atom stereocenters. The molecule has 0 amide bonds. The number of aromatic nitrogens is 1. The molecule has 112 valence electrons. The molecule has 1 unspecified atom stereocenters. The Labute approximate surface area is 124 Å². The monoisotopic (exact) mass is 288 g/mol. The van der Waals surface area contributed by atoms with Crippen LogP contribution in [0.2, 0.25) is 0 Å². The van der Waals surface area contributed by atoms with Crippen LogP contribution in [0.25, 0.3) is 10.8 Å². The maximum absolute atomic E-state index is 11.6. The van der Waals surface area contributed by atoms with E-state index in [9.17, 15) is 9.90 Å². The third-order valence-electron chi connectivity index (χ3n) is 3.60. The molecule has 1 heterocycles. The van der Waals surface area contributed by atoms with Crippen molar-refractivity contribution in [3.63, 3.8) is 0 Å². The summed E-state index contributed by atoms with van der Waals surface area (Å²) < 4.78 is 5.34. The van der Waals surface area contributed by atoms with Crippen molar-refractivity contribution in [2.45, 2.75) is 32.2 Å². The molecule has 0 saturated carbocycles. The molecule has 1 aromatic carbocycles. The predicted molar refractivity (Wildman–Crippen MR) is 82.9 cm³/mol. The van der Waals surface area contributed by atoms with E-state index in [1.165, 1.54) is 0 Å². The van der Waals surface area contributed by atoms with Gasteiger partial charge in [0.05, 0.1) is 7.11 Å². The van der Waals surface area contributed by atoms with Gasteiger partial charge >= 0.3 is 5.97 Å². The van der Waals surface area contributed by atoms with Crippen LogP contribution in [-0.4, -0.2) is 28.7 Å². The average Bonchev–Trinajstić information content (AvgIpc) is 2.47. The first kappa shape index (κ1) is 15.1. The Morgan fingerprint density at radius 3 is 2.76 bits per heavy atom. The number of ether oxygens (including phenoxy) is 1. The zero-order valence-electron chi connectivity index (χ0n) is 12.5. The van der Waals surface area contributed by atoms with Gasteiger partial charge in [-0.25, -0.2) is 9.78 Å². The molecule has 0 aliphatic heterocycles. The van der Waals surface area contributed by atoms with Gasteiger partial charge in [-0.3, -0.25) is 0 Å². The zero-order chi connectivity index (χ0) is 15.5. The minimum absolute atomic E-state index is 0.518. The molecule has 5 nitrogen and oxygen atoms in total. The summed E-state index contributed by atoms with van der Waals surface area (Å²) in [6.45, 7) is 3.64. The summed E-state index contributed by atoms with van der Waals surface area (Å²) in [4.78, 5) is 15.9. The molecule has 5 heteroatoms. The van der Waals surface area contributed by atoms with Gasteiger partial charge in [0.25, 0.3) is 0 Å². The van der Waals surface area contributed by atoms with E-state index in [0.717, 1.165) is 22.9 Å². The number of carbonyl (C=O) groups is 1. The summed E-state index contributed by atoms with van der Waals surface area (Å²) in [5.74, 6) is 0.418. The highest BCUT2D eigenvalue weighted by Gasteiger charge is 2.32. The normalized spacial score (nSPS) is 13.7. The number of rotatable bonds is 6. The van der Waals surface area contributed by atoms with Crippen molar-refractivity contribution in [1.82, 2.24) is 4.98 Å². The molecule has 0 bridgehead atoms. The Balaban J connectivity index is 2.49. The van der Waals surface area contributed by atoms with E-state index in [1.54, 1.807) is 20.2 Å². The lowest BCUT2D eigenvalue weighted by Crippen LogP contribution is -2.43. The largest absolute Gasteiger partial charge is 0.496 e. The quantitative estimate of drug-likeness (QED) is 0.853. The second kappa shape index (κ2) is 5.99. The lowest BCUT2D eigenvalue weighted by atomic mass is 9.96. The number of anilines is 1. The topological polar surface area (TPSA) is 71.5 Å². The Kier molecular flexibility index (Phi) is 4.31. The van der Waals surface area contributed by atoms with Crippen molar-refractivity contribution in [2.75, 3.05) is 12.4 Å². The van der Waals surface area contributed by atoms with Crippen LogP contribution < -0.4 is 10.1 Å². The van der Waals surface area contributed by atoms with Gasteiger partial charge in [0.1, 0.15) is 17.1 Å². The molecular weight excluding hydrogens is 268 g/mol. The molecule has 2 aromatic rings. The summed E-state index contributed by atoms with van der Waals surface area (Å²) in [6, 6.07) is 7.50. The van der Waals surface area contributed by atoms with Gasteiger partial charge in [0, 0.05) is 17.0 Å². The van der Waals surface area contributed by atoms with Crippen molar-refractivity contribution in [2.24, 2.45) is 0 Å². The highest BCUT2D eigenvalue weighted by atomic mass is 16.5. The van der Waals surface area contributed by atoms with Crippen molar-refractivity contribution in [1.29, 1.82) is 0 Å². The maximum atomic E-state index is 11.6. The van der Waals surface area contributed by atoms with Crippen LogP contribution >= 0.6 is 0 Å². The van der Waals surface area contributed by atoms with Crippen LogP contribution in [0.5, 0.6) is 5.75 Å². The van der Waals surface area contributed by atoms with Gasteiger partial charge in [-0.1, -0.05) is 25.5 Å². The Morgan fingerprint density at radius 2 is 2.14 bits per heavy atom. The number of nitrogens with one attached hydrogen (secondary N) is 1. The van der Waals surface area contributed by atoms with E-state index in [0.29, 0.717) is 12.2 Å². The predicted octanol–water partition coefficient (Wildman–Crippen LogP) is 3.30. The van der Waals surface area contributed by atoms with Crippen molar-refractivity contribution in [3.05, 3.63) is 30.5 Å². The third-order valence-corrected chi connectivity index (χ3v) is 3.60. The van der Waals surface area contributed by atoms with Gasteiger partial charge in [-0.05, 0) is 25.5 Å². The molecule has 21 heavy (non-hydrogen) atoms. The fraction of sp³-hybridized carbons (Fsp3) is 0.375. The Bertz CT molecular complexity index is 657. The molecular formula is C16H20N2O3. The summed E-state index contributed by atoms with van der Waals surface area (Å²) in [5, 5.41) is 14.3. The number of benzene rings is 1. The van der Waals surface area contributed by atoms with Crippen LogP contribution in [0.4, 0.5) is 5.82 Å². The number of carboxylic acids is 1. The zero-order valence-corrected chi connectivity index (χ0v) is 12.5. The lowest BCUT2D eigenvalue weighted by molar-refractivity contribution is -0.142. The van der Waals surface area contributed by atoms with E-state index in [1.807, 2.05) is 31.2 Å². The number of pyridine rings is 1. The number of aliphatic carboxylic acids is 1. The molecule has 0 aliphatic carbocycles. The SMILES string of the molecule is CCCC(C)(Nc1nccc2c(OC)cccc12)C(=O)O. The van der Waals surface area contributed by atoms with Crippen molar-refractivity contribution < 1.29 is 14.6 Å². The van der Waals surface area contributed by atoms with Crippen LogP contribution in [-0.2, 0) is 4.79 Å². The summed E-state index contributed by atoms with van der Waals surface area (Å²) in [7, 11) is 1.61. The average molecular weight is 288 g/mol. The molecule has 0 fully saturated rings. The molecule has 0 aliphatic rings. The lowest BCUT2D eigenvalue weighted by Gasteiger charge is -2.27. The minimum Gasteiger partial charge on any atom is -0.496 e. The molecule has 0 saturated heterocycles. The first-order valence-electron chi connectivity index (χ1n) is 6.95. The van der Waals surface area contributed by atoms with E-state index < -0.39 is 11.5 Å². The molecule has 2 rings (SSSR count). The second-order valence-corrected chi connectivity index (χ2v) is 5.23. The van der Waals surface area contributed by atoms with Gasteiger partial charge in [-0.2, -0.15) is 0 Å². The molecule has 2 N–H and O–H groups in total. The summed E-state index contributed by atoms with van der Waals surface area (Å²) in [6.07, 6.45) is 2.94. The van der Waals surface area contributed by atoms with Gasteiger partial charge in [0.2, 0.25) is 0 Å². The highest BCUT2D eigenvalue weighted by Crippen LogP contribution is 2.31. The fourth-order valence-corrected chi connectivity index (χ4v) is 2.44. The van der Waals surface area contributed by atoms with Crippen LogP contribution in [0.15, 0.2) is 30.5 Å². The number of hydrogen-bond acceptors (Lipinski definition) is 4. The standard InChI is InChI=1S/C16H20N2O3/c1-4-9-16(2,15(19)20)18-14-12-6-5-7-13(21-3)11(12)8-10-17-14/h5-8,10H,4,9H2,1-3H3,(H,17,18)(H,19,20). The third kappa shape index (κ3) is 2.91. The smallest absolute Gasteiger partial charge is 0.329 e. The number of carboxylic acid groups (broad SMARTS) is 1. The first-order valence-corrected chi connectivity index (χ1v) is 6.95.